The summed E-state index contributed by atoms with van der Waals surface area (Å²) in [6, 6.07) is 7.62. The Morgan fingerprint density at radius 2 is 1.79 bits per heavy atom. The number of rotatable bonds is 4. The molecule has 3 rings (SSSR count). The molecule has 1 heterocycles. The molecule has 0 saturated carbocycles. The number of halogens is 3. The Hall–Kier alpha value is -3.17. The zero-order valence-corrected chi connectivity index (χ0v) is 14.9. The van der Waals surface area contributed by atoms with E-state index >= 15 is 0 Å². The number of nitrogens with zero attached hydrogens (tertiary/aromatic N) is 2. The van der Waals surface area contributed by atoms with E-state index in [-0.39, 0.29) is 18.4 Å². The van der Waals surface area contributed by atoms with Crippen molar-refractivity contribution in [2.45, 2.75) is 38.4 Å². The highest BCUT2D eigenvalue weighted by molar-refractivity contribution is 5.96. The average molecular weight is 393 g/mol. The van der Waals surface area contributed by atoms with E-state index in [2.05, 4.69) is 15.3 Å². The van der Waals surface area contributed by atoms with Crippen LogP contribution in [0.15, 0.2) is 30.5 Å². The fourth-order valence-corrected chi connectivity index (χ4v) is 2.96. The van der Waals surface area contributed by atoms with Crippen molar-refractivity contribution in [3.05, 3.63) is 52.8 Å². The third-order valence-electron chi connectivity index (χ3n) is 4.32. The maximum atomic E-state index is 13.4. The number of fused-ring (bicyclic) bond motifs is 1. The molecule has 28 heavy (non-hydrogen) atoms. The van der Waals surface area contributed by atoms with Crippen LogP contribution in [0.5, 0.6) is 0 Å². The summed E-state index contributed by atoms with van der Waals surface area (Å²) in [5.74, 6) is -1.89. The lowest BCUT2D eigenvalue weighted by Crippen LogP contribution is -2.42. The van der Waals surface area contributed by atoms with Gasteiger partial charge in [-0.3, -0.25) is 20.4 Å². The standard InChI is InChI=1S/C18H18F3N5O2/c1-2-14(27)25-26-16(28)13-9-22-17(24-15(13)18(19,20)21)23-12-7-10-5-3-4-6-11(10)8-12/h3-6,9,12H,2,7-8H2,1H3,(H,25,27)(H,26,28)(H,22,23,24). The Balaban J connectivity index is 1.77. The minimum Gasteiger partial charge on any atom is -0.351 e. The van der Waals surface area contributed by atoms with Crippen LogP contribution >= 0.6 is 0 Å². The van der Waals surface area contributed by atoms with E-state index in [4.69, 9.17) is 0 Å². The van der Waals surface area contributed by atoms with Crippen LogP contribution in [0.1, 0.15) is 40.5 Å². The molecule has 0 fully saturated rings. The molecule has 0 spiro atoms. The summed E-state index contributed by atoms with van der Waals surface area (Å²) in [5, 5.41) is 2.90. The van der Waals surface area contributed by atoms with E-state index < -0.39 is 29.2 Å². The normalized spacial score (nSPS) is 13.7. The van der Waals surface area contributed by atoms with Gasteiger partial charge in [-0.1, -0.05) is 31.2 Å². The van der Waals surface area contributed by atoms with Crippen molar-refractivity contribution in [2.75, 3.05) is 5.32 Å². The average Bonchev–Trinajstić information content (AvgIpc) is 3.07. The zero-order valence-electron chi connectivity index (χ0n) is 14.9. The van der Waals surface area contributed by atoms with E-state index in [9.17, 15) is 22.8 Å². The van der Waals surface area contributed by atoms with Gasteiger partial charge in [0.15, 0.2) is 5.69 Å². The molecule has 1 aromatic heterocycles. The van der Waals surface area contributed by atoms with Crippen LogP contribution < -0.4 is 16.2 Å². The molecule has 0 radical (unpaired) electrons. The molecule has 10 heteroatoms. The fraction of sp³-hybridized carbons (Fsp3) is 0.333. The minimum absolute atomic E-state index is 0.0650. The number of hydrogen-bond donors (Lipinski definition) is 3. The number of carbonyl (C=O) groups is 2. The Morgan fingerprint density at radius 3 is 2.36 bits per heavy atom. The monoisotopic (exact) mass is 393 g/mol. The van der Waals surface area contributed by atoms with Crippen molar-refractivity contribution in [3.8, 4) is 0 Å². The molecule has 0 atom stereocenters. The van der Waals surface area contributed by atoms with Crippen molar-refractivity contribution >= 4 is 17.8 Å². The van der Waals surface area contributed by atoms with E-state index in [1.54, 1.807) is 0 Å². The molecule has 0 unspecified atom stereocenters. The lowest BCUT2D eigenvalue weighted by molar-refractivity contribution is -0.141. The topological polar surface area (TPSA) is 96.0 Å². The number of aromatic nitrogens is 2. The molecule has 0 saturated heterocycles. The fourth-order valence-electron chi connectivity index (χ4n) is 2.96. The highest BCUT2D eigenvalue weighted by atomic mass is 19.4. The van der Waals surface area contributed by atoms with Gasteiger partial charge in [0.05, 0.1) is 5.56 Å². The van der Waals surface area contributed by atoms with Gasteiger partial charge in [-0.25, -0.2) is 9.97 Å². The van der Waals surface area contributed by atoms with Crippen LogP contribution in [0.3, 0.4) is 0 Å². The summed E-state index contributed by atoms with van der Waals surface area (Å²) >= 11 is 0. The van der Waals surface area contributed by atoms with Gasteiger partial charge in [-0.2, -0.15) is 13.2 Å². The Kier molecular flexibility index (Phi) is 5.48. The molecule has 0 bridgehead atoms. The molecule has 0 aliphatic heterocycles. The quantitative estimate of drug-likeness (QED) is 0.693. The molecule has 2 aromatic rings. The second kappa shape index (κ2) is 7.83. The summed E-state index contributed by atoms with van der Waals surface area (Å²) < 4.78 is 40.2. The van der Waals surface area contributed by atoms with Crippen LogP contribution in [0, 0.1) is 0 Å². The minimum atomic E-state index is -4.86. The van der Waals surface area contributed by atoms with E-state index in [0.717, 1.165) is 17.3 Å². The van der Waals surface area contributed by atoms with Gasteiger partial charge in [0.2, 0.25) is 11.9 Å². The summed E-state index contributed by atoms with van der Waals surface area (Å²) in [4.78, 5) is 30.6. The first kappa shape index (κ1) is 19.6. The van der Waals surface area contributed by atoms with Crippen LogP contribution in [0.25, 0.3) is 0 Å². The van der Waals surface area contributed by atoms with Crippen molar-refractivity contribution < 1.29 is 22.8 Å². The molecule has 148 valence electrons. The molecule has 7 nitrogen and oxygen atoms in total. The summed E-state index contributed by atoms with van der Waals surface area (Å²) in [6.45, 7) is 1.54. The molecule has 1 aromatic carbocycles. The first-order chi connectivity index (χ1) is 13.3. The third-order valence-corrected chi connectivity index (χ3v) is 4.32. The van der Waals surface area contributed by atoms with Crippen LogP contribution in [-0.2, 0) is 23.8 Å². The van der Waals surface area contributed by atoms with Crippen LogP contribution in [-0.4, -0.2) is 27.8 Å². The lowest BCUT2D eigenvalue weighted by Gasteiger charge is -2.16. The zero-order chi connectivity index (χ0) is 20.3. The molecule has 1 aliphatic rings. The van der Waals surface area contributed by atoms with Gasteiger partial charge in [0.25, 0.3) is 5.91 Å². The van der Waals surface area contributed by atoms with E-state index in [1.807, 2.05) is 35.1 Å². The van der Waals surface area contributed by atoms with Crippen molar-refractivity contribution in [3.63, 3.8) is 0 Å². The van der Waals surface area contributed by atoms with E-state index in [1.165, 1.54) is 6.92 Å². The van der Waals surface area contributed by atoms with Gasteiger partial charge in [-0.15, -0.1) is 0 Å². The van der Waals surface area contributed by atoms with Crippen LogP contribution in [0.2, 0.25) is 0 Å². The van der Waals surface area contributed by atoms with Crippen molar-refractivity contribution in [1.29, 1.82) is 0 Å². The number of hydrogen-bond acceptors (Lipinski definition) is 5. The third kappa shape index (κ3) is 4.38. The van der Waals surface area contributed by atoms with Crippen LogP contribution in [0.4, 0.5) is 19.1 Å². The lowest BCUT2D eigenvalue weighted by atomic mass is 10.1. The number of benzene rings is 1. The number of carbonyl (C=O) groups excluding carboxylic acids is 2. The summed E-state index contributed by atoms with van der Waals surface area (Å²) in [7, 11) is 0. The van der Waals surface area contributed by atoms with E-state index in [0.29, 0.717) is 12.8 Å². The largest absolute Gasteiger partial charge is 0.434 e. The maximum absolute atomic E-state index is 13.4. The van der Waals surface area contributed by atoms with Gasteiger partial charge in [-0.05, 0) is 24.0 Å². The SMILES string of the molecule is CCC(=O)NNC(=O)c1cnc(NC2Cc3ccccc3C2)nc1C(F)(F)F. The predicted octanol–water partition coefficient (Wildman–Crippen LogP) is 2.25. The highest BCUT2D eigenvalue weighted by Gasteiger charge is 2.38. The Morgan fingerprint density at radius 1 is 1.14 bits per heavy atom. The molecule has 2 amide bonds. The summed E-state index contributed by atoms with van der Waals surface area (Å²) in [5.41, 5.74) is 4.05. The number of nitrogens with one attached hydrogen (secondary N) is 3. The summed E-state index contributed by atoms with van der Waals surface area (Å²) in [6.07, 6.45) is -2.71. The van der Waals surface area contributed by atoms with Crippen molar-refractivity contribution in [2.24, 2.45) is 0 Å². The predicted molar refractivity (Wildman–Crippen MR) is 94.2 cm³/mol. The van der Waals surface area contributed by atoms with Gasteiger partial charge >= 0.3 is 6.18 Å². The number of amides is 2. The molecular weight excluding hydrogens is 375 g/mol. The highest BCUT2D eigenvalue weighted by Crippen LogP contribution is 2.31. The first-order valence-corrected chi connectivity index (χ1v) is 8.64. The number of hydrazine groups is 1. The van der Waals surface area contributed by atoms with Gasteiger partial charge in [0.1, 0.15) is 0 Å². The Labute approximate surface area is 158 Å². The number of alkyl halides is 3. The molecular formula is C18H18F3N5O2. The van der Waals surface area contributed by atoms with Gasteiger partial charge in [0, 0.05) is 18.7 Å². The first-order valence-electron chi connectivity index (χ1n) is 8.64. The molecule has 3 N–H and O–H groups in total. The second-order valence-electron chi connectivity index (χ2n) is 6.33. The second-order valence-corrected chi connectivity index (χ2v) is 6.33. The van der Waals surface area contributed by atoms with Gasteiger partial charge < -0.3 is 5.32 Å². The molecule has 1 aliphatic carbocycles. The van der Waals surface area contributed by atoms with Crippen molar-refractivity contribution in [1.82, 2.24) is 20.8 Å². The smallest absolute Gasteiger partial charge is 0.351 e. The number of anilines is 1. The Bertz CT molecular complexity index is 876. The maximum Gasteiger partial charge on any atom is 0.434 e.